The number of pyridine rings is 1. The van der Waals surface area contributed by atoms with Crippen LogP contribution in [0.4, 0.5) is 5.82 Å². The van der Waals surface area contributed by atoms with Crippen molar-refractivity contribution >= 4 is 11.8 Å². The summed E-state index contributed by atoms with van der Waals surface area (Å²) in [6.45, 7) is 4.25. The molecule has 4 rings (SSSR count). The molecule has 2 aromatic carbocycles. The lowest BCUT2D eigenvalue weighted by Crippen LogP contribution is -2.31. The molecule has 0 aliphatic carbocycles. The molecule has 1 unspecified atom stereocenters. The Labute approximate surface area is 193 Å². The predicted octanol–water partition coefficient (Wildman–Crippen LogP) is 4.97. The van der Waals surface area contributed by atoms with Crippen LogP contribution in [0.15, 0.2) is 83.3 Å². The average Bonchev–Trinajstić information content (AvgIpc) is 3.31. The van der Waals surface area contributed by atoms with Crippen LogP contribution in [0, 0.1) is 0 Å². The molecule has 8 heteroatoms. The van der Waals surface area contributed by atoms with Gasteiger partial charge in [-0.05, 0) is 41.3 Å². The highest BCUT2D eigenvalue weighted by Gasteiger charge is 2.22. The molecule has 33 heavy (non-hydrogen) atoms. The third kappa shape index (κ3) is 5.72. The number of benzene rings is 2. The lowest BCUT2D eigenvalue weighted by molar-refractivity contribution is 0.0693. The van der Waals surface area contributed by atoms with Crippen molar-refractivity contribution < 1.29 is 9.90 Å². The fraction of sp³-hybridized carbons (Fsp3) is 0.280. The van der Waals surface area contributed by atoms with Gasteiger partial charge in [-0.1, -0.05) is 67.1 Å². The number of carboxylic acids is 1. The fourth-order valence-electron chi connectivity index (χ4n) is 3.74. The molecule has 1 atom stereocenters. The number of aromatic carboxylic acids is 1. The summed E-state index contributed by atoms with van der Waals surface area (Å²) in [4.78, 5) is 18.3. The van der Waals surface area contributed by atoms with Crippen LogP contribution in [0.5, 0.6) is 0 Å². The maximum atomic E-state index is 11.4. The van der Waals surface area contributed by atoms with Gasteiger partial charge in [-0.2, -0.15) is 5.43 Å². The highest BCUT2D eigenvalue weighted by Crippen LogP contribution is 2.24. The monoisotopic (exact) mass is 444 g/mol. The molecule has 0 saturated carbocycles. The van der Waals surface area contributed by atoms with Crippen LogP contribution in [-0.2, 0) is 13.1 Å². The van der Waals surface area contributed by atoms with Crippen LogP contribution in [0.1, 0.15) is 53.0 Å². The minimum Gasteiger partial charge on any atom is -0.478 e. The van der Waals surface area contributed by atoms with Gasteiger partial charge in [-0.25, -0.2) is 14.9 Å². The Morgan fingerprint density at radius 1 is 1.09 bits per heavy atom. The third-order valence-electron chi connectivity index (χ3n) is 5.54. The first-order valence-corrected chi connectivity index (χ1v) is 11.1. The molecule has 2 heterocycles. The Morgan fingerprint density at radius 2 is 1.88 bits per heavy atom. The first-order chi connectivity index (χ1) is 16.1. The predicted molar refractivity (Wildman–Crippen MR) is 126 cm³/mol. The van der Waals surface area contributed by atoms with Crippen LogP contribution in [0.2, 0.25) is 0 Å². The first-order valence-electron chi connectivity index (χ1n) is 11.1. The maximum absolute atomic E-state index is 11.4. The van der Waals surface area contributed by atoms with Gasteiger partial charge in [0, 0.05) is 19.3 Å². The number of nitrogens with zero attached hydrogens (tertiary/aromatic N) is 5. The second-order valence-corrected chi connectivity index (χ2v) is 7.96. The maximum Gasteiger partial charge on any atom is 0.336 e. The zero-order valence-corrected chi connectivity index (χ0v) is 18.6. The molecule has 2 N–H and O–H groups in total. The summed E-state index contributed by atoms with van der Waals surface area (Å²) in [5.74, 6) is 0.0335. The van der Waals surface area contributed by atoms with Crippen LogP contribution in [-0.4, -0.2) is 27.7 Å². The summed E-state index contributed by atoms with van der Waals surface area (Å²) in [7, 11) is 0. The Bertz CT molecular complexity index is 1090. The van der Waals surface area contributed by atoms with Gasteiger partial charge in [0.2, 0.25) is 0 Å². The van der Waals surface area contributed by atoms with E-state index in [0.717, 1.165) is 37.3 Å². The molecule has 3 aromatic rings. The smallest absolute Gasteiger partial charge is 0.336 e. The summed E-state index contributed by atoms with van der Waals surface area (Å²) in [6, 6.07) is 21.2. The number of carboxylic acid groups (broad SMARTS) is 1. The Kier molecular flexibility index (Phi) is 7.26. The van der Waals surface area contributed by atoms with Crippen molar-refractivity contribution in [2.24, 2.45) is 10.3 Å². The van der Waals surface area contributed by atoms with Crippen LogP contribution >= 0.6 is 0 Å². The zero-order chi connectivity index (χ0) is 23.0. The summed E-state index contributed by atoms with van der Waals surface area (Å²) < 4.78 is 0. The van der Waals surface area contributed by atoms with Crippen molar-refractivity contribution in [3.8, 4) is 0 Å². The van der Waals surface area contributed by atoms with E-state index in [4.69, 9.17) is 0 Å². The van der Waals surface area contributed by atoms with Crippen molar-refractivity contribution in [1.29, 1.82) is 0 Å². The first kappa shape index (κ1) is 22.4. The standard InChI is InChI=1S/C25H28N6O2/c1-2-3-16-30(23-10-6-7-15-26-23)17-19-11-13-20(14-12-19)24-27-29-31(28-24)18-21-8-4-5-9-22(21)25(32)33/h4-15,24,28H,2-3,16-18H2,1H3,(H,32,33). The lowest BCUT2D eigenvalue weighted by atomic mass is 10.1. The summed E-state index contributed by atoms with van der Waals surface area (Å²) in [5, 5.41) is 19.4. The van der Waals surface area contributed by atoms with Crippen LogP contribution < -0.4 is 10.3 Å². The number of hydrogen-bond acceptors (Lipinski definition) is 7. The van der Waals surface area contributed by atoms with Crippen molar-refractivity contribution in [2.75, 3.05) is 11.4 Å². The van der Waals surface area contributed by atoms with E-state index in [9.17, 15) is 9.90 Å². The number of carbonyl (C=O) groups is 1. The average molecular weight is 445 g/mol. The Balaban J connectivity index is 1.38. The number of aromatic nitrogens is 1. The molecule has 0 amide bonds. The molecule has 8 nitrogen and oxygen atoms in total. The molecule has 170 valence electrons. The van der Waals surface area contributed by atoms with Gasteiger partial charge in [0.25, 0.3) is 0 Å². The van der Waals surface area contributed by atoms with E-state index in [1.54, 1.807) is 23.3 Å². The zero-order valence-electron chi connectivity index (χ0n) is 18.6. The van der Waals surface area contributed by atoms with E-state index >= 15 is 0 Å². The Morgan fingerprint density at radius 3 is 2.61 bits per heavy atom. The van der Waals surface area contributed by atoms with Gasteiger partial charge < -0.3 is 10.0 Å². The molecule has 0 fully saturated rings. The summed E-state index contributed by atoms with van der Waals surface area (Å²) in [5.41, 5.74) is 6.36. The number of anilines is 1. The van der Waals surface area contributed by atoms with Gasteiger partial charge in [0.05, 0.1) is 12.1 Å². The second-order valence-electron chi connectivity index (χ2n) is 7.96. The van der Waals surface area contributed by atoms with Crippen molar-refractivity contribution in [3.63, 3.8) is 0 Å². The molecular weight excluding hydrogens is 416 g/mol. The van der Waals surface area contributed by atoms with Gasteiger partial charge in [-0.3, -0.25) is 0 Å². The summed E-state index contributed by atoms with van der Waals surface area (Å²) in [6.07, 6.45) is 3.77. The van der Waals surface area contributed by atoms with Gasteiger partial charge in [0.15, 0.2) is 6.17 Å². The third-order valence-corrected chi connectivity index (χ3v) is 5.54. The van der Waals surface area contributed by atoms with E-state index in [1.807, 2.05) is 30.5 Å². The molecule has 1 aromatic heterocycles. The summed E-state index contributed by atoms with van der Waals surface area (Å²) >= 11 is 0. The normalized spacial score (nSPS) is 15.1. The van der Waals surface area contributed by atoms with Crippen LogP contribution in [0.3, 0.4) is 0 Å². The highest BCUT2D eigenvalue weighted by molar-refractivity contribution is 5.89. The fourth-order valence-corrected chi connectivity index (χ4v) is 3.74. The Hall–Kier alpha value is -3.78. The van der Waals surface area contributed by atoms with E-state index in [1.165, 1.54) is 5.56 Å². The molecule has 0 radical (unpaired) electrons. The number of rotatable bonds is 10. The molecule has 0 spiro atoms. The molecule has 0 bridgehead atoms. The SMILES string of the molecule is CCCCN(Cc1ccc(C2N=NN(Cc3ccccc3C(=O)O)N2)cc1)c1ccccn1. The lowest BCUT2D eigenvalue weighted by Gasteiger charge is -2.24. The number of nitrogens with one attached hydrogen (secondary N) is 1. The van der Waals surface area contributed by atoms with Gasteiger partial charge in [-0.15, -0.1) is 5.11 Å². The van der Waals surface area contributed by atoms with E-state index in [2.05, 4.69) is 56.8 Å². The van der Waals surface area contributed by atoms with Gasteiger partial charge in [0.1, 0.15) is 5.82 Å². The number of hydrogen-bond donors (Lipinski definition) is 2. The quantitative estimate of drug-likeness (QED) is 0.458. The number of hydrazine groups is 1. The van der Waals surface area contributed by atoms with Crippen LogP contribution in [0.25, 0.3) is 0 Å². The molecule has 0 saturated heterocycles. The largest absolute Gasteiger partial charge is 0.478 e. The van der Waals surface area contributed by atoms with Crippen molar-refractivity contribution in [1.82, 2.24) is 15.5 Å². The molecular formula is C25H28N6O2. The van der Waals surface area contributed by atoms with E-state index < -0.39 is 5.97 Å². The van der Waals surface area contributed by atoms with Crippen molar-refractivity contribution in [2.45, 2.75) is 39.0 Å². The highest BCUT2D eigenvalue weighted by atomic mass is 16.4. The topological polar surface area (TPSA) is 93.4 Å². The molecule has 1 aliphatic rings. The van der Waals surface area contributed by atoms with E-state index in [-0.39, 0.29) is 11.7 Å². The second kappa shape index (κ2) is 10.7. The minimum atomic E-state index is -0.951. The number of unbranched alkanes of at least 4 members (excludes halogenated alkanes) is 1. The molecule has 1 aliphatic heterocycles. The minimum absolute atomic E-state index is 0.267. The van der Waals surface area contributed by atoms with Gasteiger partial charge >= 0.3 is 5.97 Å². The van der Waals surface area contributed by atoms with E-state index in [0.29, 0.717) is 12.1 Å². The van der Waals surface area contributed by atoms with Crippen molar-refractivity contribution in [3.05, 3.63) is 95.2 Å².